The van der Waals surface area contributed by atoms with Gasteiger partial charge in [0.1, 0.15) is 0 Å². The maximum Gasteiger partial charge on any atom is 0.224 e. The van der Waals surface area contributed by atoms with Crippen molar-refractivity contribution in [2.24, 2.45) is 11.8 Å². The molecule has 0 saturated carbocycles. The number of amides is 1. The first-order valence-electron chi connectivity index (χ1n) is 9.56. The summed E-state index contributed by atoms with van der Waals surface area (Å²) in [5.74, 6) is 1.23. The molecule has 24 heavy (non-hydrogen) atoms. The molecule has 2 heterocycles. The number of benzene rings is 1. The Morgan fingerprint density at radius 1 is 1.17 bits per heavy atom. The highest BCUT2D eigenvalue weighted by Gasteiger charge is 2.22. The van der Waals surface area contributed by atoms with Crippen molar-refractivity contribution < 1.29 is 4.79 Å². The van der Waals surface area contributed by atoms with Crippen LogP contribution in [0.4, 0.5) is 0 Å². The molecule has 1 aromatic rings. The largest absolute Gasteiger partial charge is 0.355 e. The number of nitrogens with one attached hydrogen (secondary N) is 2. The molecule has 2 N–H and O–H groups in total. The summed E-state index contributed by atoms with van der Waals surface area (Å²) in [6.45, 7) is 6.01. The summed E-state index contributed by atoms with van der Waals surface area (Å²) in [6.07, 6.45) is 5.90. The Labute approximate surface area is 146 Å². The molecule has 132 valence electrons. The van der Waals surface area contributed by atoms with Crippen molar-refractivity contribution in [3.05, 3.63) is 35.9 Å². The van der Waals surface area contributed by atoms with Gasteiger partial charge in [-0.05, 0) is 63.2 Å². The summed E-state index contributed by atoms with van der Waals surface area (Å²) in [7, 11) is 0. The van der Waals surface area contributed by atoms with Gasteiger partial charge in [-0.2, -0.15) is 0 Å². The molecule has 0 aliphatic carbocycles. The highest BCUT2D eigenvalue weighted by atomic mass is 16.1. The molecule has 3 rings (SSSR count). The monoisotopic (exact) mass is 329 g/mol. The Morgan fingerprint density at radius 2 is 1.96 bits per heavy atom. The summed E-state index contributed by atoms with van der Waals surface area (Å²) in [4.78, 5) is 14.6. The summed E-state index contributed by atoms with van der Waals surface area (Å²) in [5.41, 5.74) is 1.46. The van der Waals surface area contributed by atoms with E-state index >= 15 is 0 Å². The third-order valence-corrected chi connectivity index (χ3v) is 5.47. The van der Waals surface area contributed by atoms with E-state index in [1.54, 1.807) is 0 Å². The number of carbonyl (C=O) groups excluding carboxylic acids is 1. The van der Waals surface area contributed by atoms with Crippen LogP contribution in [0.15, 0.2) is 30.3 Å². The summed E-state index contributed by atoms with van der Waals surface area (Å²) >= 11 is 0. The molecule has 4 nitrogen and oxygen atoms in total. The standard InChI is InChI=1S/C20H31N3O/c24-20(19-7-4-10-21-16-19)22-11-14-23-12-8-18(9-13-23)15-17-5-2-1-3-6-17/h1-3,5-6,18-19,21H,4,7-16H2,(H,22,24). The second-order valence-corrected chi connectivity index (χ2v) is 7.31. The quantitative estimate of drug-likeness (QED) is 0.840. The van der Waals surface area contributed by atoms with Gasteiger partial charge in [0.05, 0.1) is 5.92 Å². The lowest BCUT2D eigenvalue weighted by Crippen LogP contribution is -2.44. The van der Waals surface area contributed by atoms with E-state index in [9.17, 15) is 4.79 Å². The average Bonchev–Trinajstić information content (AvgIpc) is 2.65. The fraction of sp³-hybridized carbons (Fsp3) is 0.650. The van der Waals surface area contributed by atoms with Crippen molar-refractivity contribution in [2.45, 2.75) is 32.1 Å². The summed E-state index contributed by atoms with van der Waals surface area (Å²) < 4.78 is 0. The topological polar surface area (TPSA) is 44.4 Å². The molecule has 1 amide bonds. The number of carbonyl (C=O) groups is 1. The van der Waals surface area contributed by atoms with Gasteiger partial charge in [-0.3, -0.25) is 4.79 Å². The Balaban J connectivity index is 1.30. The molecule has 2 aliphatic rings. The number of piperidine rings is 2. The van der Waals surface area contributed by atoms with Gasteiger partial charge in [-0.15, -0.1) is 0 Å². The van der Waals surface area contributed by atoms with Crippen LogP contribution in [0.2, 0.25) is 0 Å². The zero-order chi connectivity index (χ0) is 16.6. The maximum absolute atomic E-state index is 12.1. The van der Waals surface area contributed by atoms with E-state index in [1.165, 1.54) is 37.9 Å². The predicted molar refractivity (Wildman–Crippen MR) is 97.9 cm³/mol. The van der Waals surface area contributed by atoms with Gasteiger partial charge < -0.3 is 15.5 Å². The van der Waals surface area contributed by atoms with E-state index < -0.39 is 0 Å². The molecule has 1 atom stereocenters. The first-order chi connectivity index (χ1) is 11.8. The highest BCUT2D eigenvalue weighted by Crippen LogP contribution is 2.21. The van der Waals surface area contributed by atoms with Crippen molar-refractivity contribution in [3.63, 3.8) is 0 Å². The number of nitrogens with zero attached hydrogens (tertiary/aromatic N) is 1. The number of rotatable bonds is 6. The fourth-order valence-electron chi connectivity index (χ4n) is 3.92. The van der Waals surface area contributed by atoms with Gasteiger partial charge in [-0.1, -0.05) is 30.3 Å². The lowest BCUT2D eigenvalue weighted by Gasteiger charge is -2.32. The van der Waals surface area contributed by atoms with Crippen LogP contribution in [-0.4, -0.2) is 50.1 Å². The second kappa shape index (κ2) is 9.19. The van der Waals surface area contributed by atoms with Gasteiger partial charge in [0, 0.05) is 19.6 Å². The molecule has 0 aromatic heterocycles. The van der Waals surface area contributed by atoms with E-state index in [0.29, 0.717) is 0 Å². The lowest BCUT2D eigenvalue weighted by molar-refractivity contribution is -0.125. The van der Waals surface area contributed by atoms with Gasteiger partial charge in [0.15, 0.2) is 0 Å². The first kappa shape index (κ1) is 17.4. The van der Waals surface area contributed by atoms with Crippen LogP contribution in [-0.2, 0) is 11.2 Å². The first-order valence-corrected chi connectivity index (χ1v) is 9.56. The predicted octanol–water partition coefficient (Wildman–Crippen LogP) is 2.06. The van der Waals surface area contributed by atoms with E-state index in [0.717, 1.165) is 44.9 Å². The second-order valence-electron chi connectivity index (χ2n) is 7.31. The zero-order valence-electron chi connectivity index (χ0n) is 14.7. The van der Waals surface area contributed by atoms with Crippen molar-refractivity contribution in [1.82, 2.24) is 15.5 Å². The van der Waals surface area contributed by atoms with Gasteiger partial charge in [0.2, 0.25) is 5.91 Å². The van der Waals surface area contributed by atoms with E-state index in [4.69, 9.17) is 0 Å². The lowest BCUT2D eigenvalue weighted by atomic mass is 9.90. The fourth-order valence-corrected chi connectivity index (χ4v) is 3.92. The average molecular weight is 329 g/mol. The summed E-state index contributed by atoms with van der Waals surface area (Å²) in [6, 6.07) is 10.8. The minimum Gasteiger partial charge on any atom is -0.355 e. The van der Waals surface area contributed by atoms with Crippen LogP contribution in [0.25, 0.3) is 0 Å². The van der Waals surface area contributed by atoms with E-state index in [1.807, 2.05) is 0 Å². The molecule has 2 saturated heterocycles. The Hall–Kier alpha value is -1.39. The third kappa shape index (κ3) is 5.32. The minimum atomic E-state index is 0.176. The highest BCUT2D eigenvalue weighted by molar-refractivity contribution is 5.78. The van der Waals surface area contributed by atoms with Crippen LogP contribution in [0, 0.1) is 11.8 Å². The van der Waals surface area contributed by atoms with Gasteiger partial charge in [0.25, 0.3) is 0 Å². The van der Waals surface area contributed by atoms with Gasteiger partial charge >= 0.3 is 0 Å². The molecular weight excluding hydrogens is 298 g/mol. The molecule has 0 bridgehead atoms. The zero-order valence-corrected chi connectivity index (χ0v) is 14.7. The SMILES string of the molecule is O=C(NCCN1CCC(Cc2ccccc2)CC1)C1CCCNC1. The smallest absolute Gasteiger partial charge is 0.224 e. The van der Waals surface area contributed by atoms with Crippen molar-refractivity contribution in [3.8, 4) is 0 Å². The molecule has 2 aliphatic heterocycles. The molecular formula is C20H31N3O. The Morgan fingerprint density at radius 3 is 2.67 bits per heavy atom. The van der Waals surface area contributed by atoms with Crippen LogP contribution in [0.5, 0.6) is 0 Å². The van der Waals surface area contributed by atoms with Crippen molar-refractivity contribution in [1.29, 1.82) is 0 Å². The van der Waals surface area contributed by atoms with Crippen LogP contribution in [0.1, 0.15) is 31.2 Å². The van der Waals surface area contributed by atoms with Gasteiger partial charge in [-0.25, -0.2) is 0 Å². The van der Waals surface area contributed by atoms with Crippen LogP contribution in [0.3, 0.4) is 0 Å². The molecule has 4 heteroatoms. The molecule has 0 spiro atoms. The number of hydrogen-bond donors (Lipinski definition) is 2. The third-order valence-electron chi connectivity index (χ3n) is 5.47. The van der Waals surface area contributed by atoms with Crippen LogP contribution < -0.4 is 10.6 Å². The number of likely N-dealkylation sites (tertiary alicyclic amines) is 1. The Bertz CT molecular complexity index is 491. The summed E-state index contributed by atoms with van der Waals surface area (Å²) in [5, 5.41) is 6.44. The number of hydrogen-bond acceptors (Lipinski definition) is 3. The molecule has 1 unspecified atom stereocenters. The normalized spacial score (nSPS) is 23.1. The maximum atomic E-state index is 12.1. The molecule has 0 radical (unpaired) electrons. The van der Waals surface area contributed by atoms with E-state index in [2.05, 4.69) is 45.9 Å². The van der Waals surface area contributed by atoms with Crippen molar-refractivity contribution in [2.75, 3.05) is 39.3 Å². The minimum absolute atomic E-state index is 0.176. The molecule has 2 fully saturated rings. The van der Waals surface area contributed by atoms with Crippen molar-refractivity contribution >= 4 is 5.91 Å². The van der Waals surface area contributed by atoms with E-state index in [-0.39, 0.29) is 11.8 Å². The molecule has 1 aromatic carbocycles. The Kier molecular flexibility index (Phi) is 6.67. The van der Waals surface area contributed by atoms with Crippen LogP contribution >= 0.6 is 0 Å².